The summed E-state index contributed by atoms with van der Waals surface area (Å²) in [5.74, 6) is -1.68. The number of carboxylic acid groups (broad SMARTS) is 2. The minimum atomic E-state index is -1.18. The average Bonchev–Trinajstić information content (AvgIpc) is 2.24. The Labute approximate surface area is 99.0 Å². The van der Waals surface area contributed by atoms with Crippen LogP contribution in [-0.2, 0) is 9.59 Å². The summed E-state index contributed by atoms with van der Waals surface area (Å²) < 4.78 is 0. The standard InChI is InChI=1S/C12H17NO4/c13-12(10(16)17)7-1-6-2-8(12)5-11(3-6,4-7)9(14)15/h6-8H,1-5,13H2,(H,14,15)(H,16,17)/t6?,7-,8-,11?,12?/m1/s1. The van der Waals surface area contributed by atoms with Crippen LogP contribution in [-0.4, -0.2) is 27.7 Å². The number of nitrogens with two attached hydrogens (primary N) is 1. The first-order valence-electron chi connectivity index (χ1n) is 6.14. The molecule has 0 radical (unpaired) electrons. The second kappa shape index (κ2) is 3.02. The molecule has 0 heterocycles. The summed E-state index contributed by atoms with van der Waals surface area (Å²) in [6, 6.07) is 0. The Bertz CT molecular complexity index is 389. The smallest absolute Gasteiger partial charge is 0.324 e. The number of rotatable bonds is 2. The molecule has 4 aliphatic rings. The van der Waals surface area contributed by atoms with Crippen LogP contribution in [0.5, 0.6) is 0 Å². The van der Waals surface area contributed by atoms with E-state index in [0.29, 0.717) is 25.2 Å². The van der Waals surface area contributed by atoms with Crippen molar-refractivity contribution in [3.8, 4) is 0 Å². The van der Waals surface area contributed by atoms with Gasteiger partial charge in [-0.3, -0.25) is 9.59 Å². The SMILES string of the molecule is NC1(C(=O)O)[C@@H]2CC3C[C@@H]1CC(C(=O)O)(C3)C2. The van der Waals surface area contributed by atoms with Crippen LogP contribution in [0.25, 0.3) is 0 Å². The molecule has 4 saturated carbocycles. The van der Waals surface area contributed by atoms with Crippen LogP contribution in [0.15, 0.2) is 0 Å². The van der Waals surface area contributed by atoms with E-state index in [2.05, 4.69) is 0 Å². The highest BCUT2D eigenvalue weighted by atomic mass is 16.4. The molecular formula is C12H17NO4. The van der Waals surface area contributed by atoms with Crippen LogP contribution in [0.3, 0.4) is 0 Å². The zero-order chi connectivity index (χ0) is 12.4. The Morgan fingerprint density at radius 3 is 1.94 bits per heavy atom. The van der Waals surface area contributed by atoms with Gasteiger partial charge in [-0.05, 0) is 49.9 Å². The number of carboxylic acids is 2. The maximum atomic E-state index is 11.4. The molecule has 5 heteroatoms. The van der Waals surface area contributed by atoms with Crippen LogP contribution in [0.4, 0.5) is 0 Å². The van der Waals surface area contributed by atoms with Crippen molar-refractivity contribution in [2.24, 2.45) is 28.9 Å². The molecule has 94 valence electrons. The topological polar surface area (TPSA) is 101 Å². The third-order valence-corrected chi connectivity index (χ3v) is 5.36. The maximum Gasteiger partial charge on any atom is 0.324 e. The highest BCUT2D eigenvalue weighted by Crippen LogP contribution is 2.62. The number of hydrogen-bond acceptors (Lipinski definition) is 3. The fourth-order valence-electron chi connectivity index (χ4n) is 4.65. The van der Waals surface area contributed by atoms with Crippen molar-refractivity contribution in [2.45, 2.75) is 37.6 Å². The van der Waals surface area contributed by atoms with Gasteiger partial charge in [0.1, 0.15) is 5.54 Å². The van der Waals surface area contributed by atoms with Crippen molar-refractivity contribution in [1.82, 2.24) is 0 Å². The third kappa shape index (κ3) is 1.18. The van der Waals surface area contributed by atoms with Gasteiger partial charge in [-0.2, -0.15) is 0 Å². The lowest BCUT2D eigenvalue weighted by Crippen LogP contribution is -2.70. The first kappa shape index (κ1) is 11.0. The molecule has 0 spiro atoms. The highest BCUT2D eigenvalue weighted by molar-refractivity contribution is 5.82. The monoisotopic (exact) mass is 239 g/mol. The van der Waals surface area contributed by atoms with Crippen molar-refractivity contribution in [3.05, 3.63) is 0 Å². The predicted molar refractivity (Wildman–Crippen MR) is 58.2 cm³/mol. The summed E-state index contributed by atoms with van der Waals surface area (Å²) in [6.45, 7) is 0. The van der Waals surface area contributed by atoms with Crippen molar-refractivity contribution in [1.29, 1.82) is 0 Å². The summed E-state index contributed by atoms with van der Waals surface area (Å²) >= 11 is 0. The molecule has 0 aromatic rings. The van der Waals surface area contributed by atoms with Crippen LogP contribution in [0.1, 0.15) is 32.1 Å². The number of hydrogen-bond donors (Lipinski definition) is 3. The molecular weight excluding hydrogens is 222 g/mol. The normalized spacial score (nSPS) is 51.5. The van der Waals surface area contributed by atoms with Crippen molar-refractivity contribution < 1.29 is 19.8 Å². The lowest BCUT2D eigenvalue weighted by atomic mass is 9.43. The largest absolute Gasteiger partial charge is 0.481 e. The van der Waals surface area contributed by atoms with Gasteiger partial charge in [0.15, 0.2) is 0 Å². The van der Waals surface area contributed by atoms with E-state index >= 15 is 0 Å². The molecule has 0 unspecified atom stereocenters. The Morgan fingerprint density at radius 1 is 1.00 bits per heavy atom. The summed E-state index contributed by atoms with van der Waals surface area (Å²) in [7, 11) is 0. The Morgan fingerprint density at radius 2 is 1.53 bits per heavy atom. The van der Waals surface area contributed by atoms with Gasteiger partial charge in [-0.25, -0.2) is 0 Å². The van der Waals surface area contributed by atoms with E-state index in [9.17, 15) is 19.8 Å². The van der Waals surface area contributed by atoms with E-state index in [1.54, 1.807) is 0 Å². The Kier molecular flexibility index (Phi) is 1.95. The fourth-order valence-corrected chi connectivity index (χ4v) is 4.65. The van der Waals surface area contributed by atoms with Crippen LogP contribution in [0, 0.1) is 23.2 Å². The molecule has 0 aliphatic heterocycles. The second-order valence-corrected chi connectivity index (χ2v) is 6.17. The summed E-state index contributed by atoms with van der Waals surface area (Å²) in [5, 5.41) is 18.8. The summed E-state index contributed by atoms with van der Waals surface area (Å²) in [6.07, 6.45) is 3.17. The molecule has 4 rings (SSSR count). The van der Waals surface area contributed by atoms with Gasteiger partial charge in [-0.15, -0.1) is 0 Å². The van der Waals surface area contributed by atoms with E-state index in [1.165, 1.54) is 0 Å². The lowest BCUT2D eigenvalue weighted by Gasteiger charge is -2.61. The van der Waals surface area contributed by atoms with Crippen molar-refractivity contribution in [2.75, 3.05) is 0 Å². The number of aliphatic carboxylic acids is 2. The quantitative estimate of drug-likeness (QED) is 0.657. The molecule has 4 bridgehead atoms. The zero-order valence-corrected chi connectivity index (χ0v) is 9.56. The van der Waals surface area contributed by atoms with Gasteiger partial charge in [0, 0.05) is 0 Å². The Balaban J connectivity index is 2.02. The van der Waals surface area contributed by atoms with E-state index < -0.39 is 22.9 Å². The molecule has 5 nitrogen and oxygen atoms in total. The second-order valence-electron chi connectivity index (χ2n) is 6.17. The fraction of sp³-hybridized carbons (Fsp3) is 0.833. The van der Waals surface area contributed by atoms with Gasteiger partial charge < -0.3 is 15.9 Å². The minimum Gasteiger partial charge on any atom is -0.481 e. The molecule has 0 aromatic carbocycles. The van der Waals surface area contributed by atoms with E-state index in [0.717, 1.165) is 12.8 Å². The molecule has 4 fully saturated rings. The van der Waals surface area contributed by atoms with Gasteiger partial charge in [-0.1, -0.05) is 0 Å². The van der Waals surface area contributed by atoms with Gasteiger partial charge in [0.2, 0.25) is 0 Å². The zero-order valence-electron chi connectivity index (χ0n) is 9.56. The van der Waals surface area contributed by atoms with Gasteiger partial charge >= 0.3 is 11.9 Å². The van der Waals surface area contributed by atoms with E-state index in [4.69, 9.17) is 5.73 Å². The van der Waals surface area contributed by atoms with E-state index in [1.807, 2.05) is 0 Å². The van der Waals surface area contributed by atoms with Gasteiger partial charge in [0.05, 0.1) is 5.41 Å². The van der Waals surface area contributed by atoms with Gasteiger partial charge in [0.25, 0.3) is 0 Å². The van der Waals surface area contributed by atoms with Crippen LogP contribution in [0.2, 0.25) is 0 Å². The molecule has 2 atom stereocenters. The Hall–Kier alpha value is -1.10. The van der Waals surface area contributed by atoms with Crippen molar-refractivity contribution in [3.63, 3.8) is 0 Å². The highest BCUT2D eigenvalue weighted by Gasteiger charge is 2.66. The molecule has 0 aromatic heterocycles. The molecule has 4 aliphatic carbocycles. The van der Waals surface area contributed by atoms with E-state index in [-0.39, 0.29) is 11.8 Å². The number of carbonyl (C=O) groups is 2. The first-order valence-corrected chi connectivity index (χ1v) is 6.14. The average molecular weight is 239 g/mol. The maximum absolute atomic E-state index is 11.4. The van der Waals surface area contributed by atoms with Crippen LogP contribution < -0.4 is 5.73 Å². The van der Waals surface area contributed by atoms with Crippen LogP contribution >= 0.6 is 0 Å². The molecule has 4 N–H and O–H groups in total. The minimum absolute atomic E-state index is 0.164. The summed E-state index contributed by atoms with van der Waals surface area (Å²) in [5.41, 5.74) is 4.23. The molecule has 17 heavy (non-hydrogen) atoms. The molecule has 0 saturated heterocycles. The lowest BCUT2D eigenvalue weighted by molar-refractivity contribution is -0.183. The van der Waals surface area contributed by atoms with Crippen molar-refractivity contribution >= 4 is 11.9 Å². The first-order chi connectivity index (χ1) is 7.88. The summed E-state index contributed by atoms with van der Waals surface area (Å²) in [4.78, 5) is 22.9. The third-order valence-electron chi connectivity index (χ3n) is 5.36. The predicted octanol–water partition coefficient (Wildman–Crippen LogP) is 0.679. The molecule has 0 amide bonds.